The molecule has 5 heteroatoms. The summed E-state index contributed by atoms with van der Waals surface area (Å²) in [6.07, 6.45) is 0. The maximum Gasteiger partial charge on any atom is -0.147 e. The molecule has 0 N–H and O–H groups in total. The molecule has 0 aliphatic carbocycles. The molecule has 0 unspecified atom stereocenters. The zero-order valence-electron chi connectivity index (χ0n) is 4.70. The molecule has 0 amide bonds. The Morgan fingerprint density at radius 3 is 1.25 bits per heavy atom. The third kappa shape index (κ3) is 26.2. The molecule has 0 saturated carbocycles. The SMILES string of the molecule is CC(C)[N]=[Ta].Cl.Cl.Cl. The number of nitrogens with zero attached hydrogens (tertiary/aromatic N) is 1. The molecule has 0 bridgehead atoms. The Labute approximate surface area is 81.0 Å². The van der Waals surface area contributed by atoms with Gasteiger partial charge >= 0.3 is 44.1 Å². The van der Waals surface area contributed by atoms with Crippen LogP contribution in [0.25, 0.3) is 0 Å². The minimum absolute atomic E-state index is 0. The summed E-state index contributed by atoms with van der Waals surface area (Å²) in [5.74, 6) is 0. The van der Waals surface area contributed by atoms with Crippen LogP contribution < -0.4 is 0 Å². The van der Waals surface area contributed by atoms with Crippen LogP contribution in [0.15, 0.2) is 3.34 Å². The van der Waals surface area contributed by atoms with Crippen molar-refractivity contribution in [2.24, 2.45) is 3.34 Å². The van der Waals surface area contributed by atoms with E-state index < -0.39 is 0 Å². The number of halogens is 3. The summed E-state index contributed by atoms with van der Waals surface area (Å²) in [6, 6.07) is 0.559. The average molecular weight is 347 g/mol. The molecule has 0 aromatic rings. The molecule has 0 saturated heterocycles. The second-order valence-corrected chi connectivity index (χ2v) is 2.04. The molecule has 0 rings (SSSR count). The van der Waals surface area contributed by atoms with Gasteiger partial charge in [-0.05, 0) is 0 Å². The van der Waals surface area contributed by atoms with Crippen LogP contribution in [-0.4, -0.2) is 6.04 Å². The first-order valence-corrected chi connectivity index (χ1v) is 3.05. The van der Waals surface area contributed by atoms with Crippen LogP contribution in [0, 0.1) is 0 Å². The fourth-order valence-corrected chi connectivity index (χ4v) is 0. The van der Waals surface area contributed by atoms with E-state index in [0.29, 0.717) is 6.04 Å². The van der Waals surface area contributed by atoms with E-state index in [0.717, 1.165) is 20.9 Å². The van der Waals surface area contributed by atoms with Crippen LogP contribution in [-0.2, 0) is 20.9 Å². The molecule has 0 spiro atoms. The molecule has 0 aromatic carbocycles. The maximum atomic E-state index is 4.00. The van der Waals surface area contributed by atoms with Crippen molar-refractivity contribution in [2.75, 3.05) is 0 Å². The number of rotatable bonds is 1. The summed E-state index contributed by atoms with van der Waals surface area (Å²) in [7, 11) is 0. The normalized spacial score (nSPS) is 5.25. The second kappa shape index (κ2) is 15.8. The molecule has 0 fully saturated rings. The Hall–Kier alpha value is 1.41. The van der Waals surface area contributed by atoms with Gasteiger partial charge in [0.15, 0.2) is 0 Å². The molecule has 0 aromatic heterocycles. The largest absolute Gasteiger partial charge is 0.147 e. The predicted molar refractivity (Wildman–Crippen MR) is 39.3 cm³/mol. The fourth-order valence-electron chi connectivity index (χ4n) is 0. The standard InChI is InChI=1S/C3H7N.3ClH.Ta/c1-3(2)4;;;;/h3H,1-2H3;3*1H;. The van der Waals surface area contributed by atoms with Crippen molar-refractivity contribution in [3.63, 3.8) is 0 Å². The average Bonchev–Trinajstić information content (AvgIpc) is 1.38. The Morgan fingerprint density at radius 2 is 1.25 bits per heavy atom. The van der Waals surface area contributed by atoms with Crippen molar-refractivity contribution < 1.29 is 20.9 Å². The summed E-state index contributed by atoms with van der Waals surface area (Å²) in [6.45, 7) is 4.17. The summed E-state index contributed by atoms with van der Waals surface area (Å²) in [4.78, 5) is 0. The predicted octanol–water partition coefficient (Wildman–Crippen LogP) is 2.39. The molecular formula is C3H10Cl3NTa. The van der Waals surface area contributed by atoms with Crippen molar-refractivity contribution in [1.82, 2.24) is 0 Å². The summed E-state index contributed by atoms with van der Waals surface area (Å²) in [5.41, 5.74) is 0. The molecule has 0 radical (unpaired) electrons. The van der Waals surface area contributed by atoms with Crippen LogP contribution in [0.5, 0.6) is 0 Å². The van der Waals surface area contributed by atoms with Gasteiger partial charge in [-0.3, -0.25) is 0 Å². The van der Waals surface area contributed by atoms with E-state index in [9.17, 15) is 0 Å². The monoisotopic (exact) mass is 346 g/mol. The third-order valence-electron chi connectivity index (χ3n) is 0.231. The second-order valence-electron chi connectivity index (χ2n) is 1.21. The van der Waals surface area contributed by atoms with Crippen LogP contribution in [0.3, 0.4) is 0 Å². The van der Waals surface area contributed by atoms with Gasteiger partial charge in [-0.1, -0.05) is 0 Å². The van der Waals surface area contributed by atoms with E-state index in [1.807, 2.05) is 0 Å². The van der Waals surface area contributed by atoms with Gasteiger partial charge in [0.2, 0.25) is 0 Å². The minimum atomic E-state index is 0. The maximum absolute atomic E-state index is 4.00. The first-order valence-electron chi connectivity index (χ1n) is 1.61. The molecule has 0 atom stereocenters. The van der Waals surface area contributed by atoms with Gasteiger partial charge in [0.05, 0.1) is 0 Å². The van der Waals surface area contributed by atoms with E-state index in [4.69, 9.17) is 0 Å². The van der Waals surface area contributed by atoms with E-state index in [1.54, 1.807) is 0 Å². The molecule has 8 heavy (non-hydrogen) atoms. The topological polar surface area (TPSA) is 12.4 Å². The fraction of sp³-hybridized carbons (Fsp3) is 1.00. The van der Waals surface area contributed by atoms with Crippen molar-refractivity contribution in [3.05, 3.63) is 0 Å². The van der Waals surface area contributed by atoms with Gasteiger partial charge in [0, 0.05) is 0 Å². The van der Waals surface area contributed by atoms with Gasteiger partial charge < -0.3 is 0 Å². The molecule has 0 heterocycles. The molecule has 0 aliphatic rings. The summed E-state index contributed by atoms with van der Waals surface area (Å²) in [5, 5.41) is 0. The van der Waals surface area contributed by atoms with E-state index in [-0.39, 0.29) is 37.2 Å². The van der Waals surface area contributed by atoms with E-state index in [2.05, 4.69) is 17.2 Å². The Balaban J connectivity index is -0.0000000267. The van der Waals surface area contributed by atoms with E-state index >= 15 is 0 Å². The van der Waals surface area contributed by atoms with Gasteiger partial charge in [0.25, 0.3) is 0 Å². The zero-order chi connectivity index (χ0) is 4.28. The Kier molecular flexibility index (Phi) is 44.8. The van der Waals surface area contributed by atoms with Crippen molar-refractivity contribution >= 4 is 37.2 Å². The zero-order valence-corrected chi connectivity index (χ0v) is 10.4. The third-order valence-corrected chi connectivity index (χ3v) is 1.89. The smallest absolute Gasteiger partial charge is 0.147 e. The molecule has 0 aliphatic heterocycles. The number of hydrogen-bond donors (Lipinski definition) is 0. The van der Waals surface area contributed by atoms with Crippen LogP contribution in [0.2, 0.25) is 0 Å². The first kappa shape index (κ1) is 22.7. The summed E-state index contributed by atoms with van der Waals surface area (Å²) >= 11 is 1.16. The molecule has 53 valence electrons. The molecule has 1 nitrogen and oxygen atoms in total. The molecular weight excluding hydrogens is 337 g/mol. The van der Waals surface area contributed by atoms with Crippen molar-refractivity contribution in [3.8, 4) is 0 Å². The number of hydrogen-bond acceptors (Lipinski definition) is 1. The van der Waals surface area contributed by atoms with Crippen LogP contribution in [0.4, 0.5) is 0 Å². The Morgan fingerprint density at radius 1 is 1.12 bits per heavy atom. The Bertz CT molecular complexity index is 41.5. The van der Waals surface area contributed by atoms with Crippen molar-refractivity contribution in [1.29, 1.82) is 0 Å². The quantitative estimate of drug-likeness (QED) is 0.691. The van der Waals surface area contributed by atoms with Crippen molar-refractivity contribution in [2.45, 2.75) is 19.9 Å². The van der Waals surface area contributed by atoms with Gasteiger partial charge in [-0.25, -0.2) is 0 Å². The first-order chi connectivity index (χ1) is 2.27. The minimum Gasteiger partial charge on any atom is -0.147 e. The van der Waals surface area contributed by atoms with Crippen LogP contribution in [0.1, 0.15) is 13.8 Å². The summed E-state index contributed by atoms with van der Waals surface area (Å²) < 4.78 is 4.00. The van der Waals surface area contributed by atoms with Crippen LogP contribution >= 0.6 is 37.2 Å². The van der Waals surface area contributed by atoms with Gasteiger partial charge in [-0.2, -0.15) is 0 Å². The van der Waals surface area contributed by atoms with E-state index in [1.165, 1.54) is 0 Å². The van der Waals surface area contributed by atoms with Gasteiger partial charge in [0.1, 0.15) is 0 Å². The van der Waals surface area contributed by atoms with Gasteiger partial charge in [-0.15, -0.1) is 37.2 Å².